The lowest BCUT2D eigenvalue weighted by Gasteiger charge is -2.33. The maximum atomic E-state index is 6.29. The van der Waals surface area contributed by atoms with E-state index in [0.29, 0.717) is 6.79 Å². The molecule has 110 valence electrons. The summed E-state index contributed by atoms with van der Waals surface area (Å²) in [7, 11) is 2.17. The summed E-state index contributed by atoms with van der Waals surface area (Å²) in [5.41, 5.74) is 7.51. The smallest absolute Gasteiger partial charge is 0.231 e. The van der Waals surface area contributed by atoms with Crippen LogP contribution in [0.1, 0.15) is 5.56 Å². The first-order chi connectivity index (χ1) is 9.70. The predicted molar refractivity (Wildman–Crippen MR) is 78.2 cm³/mol. The molecule has 1 atom stereocenters. The van der Waals surface area contributed by atoms with Crippen LogP contribution in [0.5, 0.6) is 11.5 Å². The van der Waals surface area contributed by atoms with E-state index in [4.69, 9.17) is 15.2 Å². The van der Waals surface area contributed by atoms with Gasteiger partial charge in [0.15, 0.2) is 11.5 Å². The van der Waals surface area contributed by atoms with Crippen LogP contribution in [0.25, 0.3) is 0 Å². The van der Waals surface area contributed by atoms with E-state index >= 15 is 0 Å². The van der Waals surface area contributed by atoms with Gasteiger partial charge in [0.25, 0.3) is 0 Å². The van der Waals surface area contributed by atoms with Crippen molar-refractivity contribution in [3.05, 3.63) is 23.8 Å². The topological polar surface area (TPSA) is 51.0 Å². The third-order valence-electron chi connectivity index (χ3n) is 4.02. The standard InChI is InChI=1S/C15H23N3O2/c1-17-4-6-18(7-5-17)10-13(16)8-12-2-3-14-15(9-12)20-11-19-14/h2-3,9,13H,4-8,10-11,16H2,1H3. The van der Waals surface area contributed by atoms with Crippen molar-refractivity contribution in [3.8, 4) is 11.5 Å². The first-order valence-corrected chi connectivity index (χ1v) is 7.26. The summed E-state index contributed by atoms with van der Waals surface area (Å²) >= 11 is 0. The number of hydrogen-bond donors (Lipinski definition) is 1. The van der Waals surface area contributed by atoms with Gasteiger partial charge < -0.3 is 20.1 Å². The second kappa shape index (κ2) is 5.99. The summed E-state index contributed by atoms with van der Waals surface area (Å²) in [6.45, 7) is 5.79. The maximum Gasteiger partial charge on any atom is 0.231 e. The van der Waals surface area contributed by atoms with Crippen molar-refractivity contribution < 1.29 is 9.47 Å². The molecule has 2 aliphatic rings. The zero-order valence-electron chi connectivity index (χ0n) is 12.0. The third kappa shape index (κ3) is 3.23. The normalized spacial score (nSPS) is 21.1. The van der Waals surface area contributed by atoms with Crippen LogP contribution in [-0.2, 0) is 6.42 Å². The van der Waals surface area contributed by atoms with Crippen LogP contribution in [0.15, 0.2) is 18.2 Å². The van der Waals surface area contributed by atoms with E-state index in [-0.39, 0.29) is 6.04 Å². The highest BCUT2D eigenvalue weighted by Gasteiger charge is 2.18. The molecular weight excluding hydrogens is 254 g/mol. The molecule has 0 amide bonds. The van der Waals surface area contributed by atoms with Gasteiger partial charge in [0, 0.05) is 38.8 Å². The number of piperazine rings is 1. The lowest BCUT2D eigenvalue weighted by Crippen LogP contribution is -2.49. The number of nitrogens with zero attached hydrogens (tertiary/aromatic N) is 2. The van der Waals surface area contributed by atoms with E-state index in [2.05, 4.69) is 22.9 Å². The van der Waals surface area contributed by atoms with Gasteiger partial charge in [-0.1, -0.05) is 6.07 Å². The molecule has 0 radical (unpaired) electrons. The minimum absolute atomic E-state index is 0.166. The lowest BCUT2D eigenvalue weighted by molar-refractivity contribution is 0.147. The van der Waals surface area contributed by atoms with E-state index < -0.39 is 0 Å². The molecule has 1 fully saturated rings. The van der Waals surface area contributed by atoms with Crippen LogP contribution in [0, 0.1) is 0 Å². The van der Waals surface area contributed by atoms with Crippen LogP contribution in [0.3, 0.4) is 0 Å². The van der Waals surface area contributed by atoms with Crippen molar-refractivity contribution in [2.75, 3.05) is 46.6 Å². The maximum absolute atomic E-state index is 6.29. The Hall–Kier alpha value is -1.30. The summed E-state index contributed by atoms with van der Waals surface area (Å²) in [6, 6.07) is 6.27. The Labute approximate surface area is 120 Å². The molecule has 5 nitrogen and oxygen atoms in total. The average Bonchev–Trinajstić information content (AvgIpc) is 2.89. The van der Waals surface area contributed by atoms with E-state index in [1.54, 1.807) is 0 Å². The van der Waals surface area contributed by atoms with Crippen LogP contribution in [0.4, 0.5) is 0 Å². The molecule has 0 saturated carbocycles. The number of hydrogen-bond acceptors (Lipinski definition) is 5. The first kappa shape index (κ1) is 13.7. The molecule has 1 aromatic carbocycles. The molecule has 0 spiro atoms. The molecule has 0 aromatic heterocycles. The second-order valence-electron chi connectivity index (χ2n) is 5.76. The van der Waals surface area contributed by atoms with Crippen molar-refractivity contribution >= 4 is 0 Å². The van der Waals surface area contributed by atoms with Gasteiger partial charge in [0.05, 0.1) is 0 Å². The molecule has 2 heterocycles. The van der Waals surface area contributed by atoms with Gasteiger partial charge in [-0.05, 0) is 31.2 Å². The molecular formula is C15H23N3O2. The molecule has 20 heavy (non-hydrogen) atoms. The first-order valence-electron chi connectivity index (χ1n) is 7.26. The summed E-state index contributed by atoms with van der Waals surface area (Å²) in [4.78, 5) is 4.82. The molecule has 1 aromatic rings. The fraction of sp³-hybridized carbons (Fsp3) is 0.600. The largest absolute Gasteiger partial charge is 0.454 e. The fourth-order valence-corrected chi connectivity index (χ4v) is 2.80. The van der Waals surface area contributed by atoms with E-state index in [1.165, 1.54) is 5.56 Å². The fourth-order valence-electron chi connectivity index (χ4n) is 2.80. The predicted octanol–water partition coefficient (Wildman–Crippen LogP) is 0.533. The van der Waals surface area contributed by atoms with E-state index in [1.807, 2.05) is 12.1 Å². The summed E-state index contributed by atoms with van der Waals surface area (Å²) in [5.74, 6) is 1.68. The third-order valence-corrected chi connectivity index (χ3v) is 4.02. The molecule has 5 heteroatoms. The van der Waals surface area contributed by atoms with Crippen molar-refractivity contribution in [2.24, 2.45) is 5.73 Å². The molecule has 3 rings (SSSR count). The van der Waals surface area contributed by atoms with Gasteiger partial charge in [-0.25, -0.2) is 0 Å². The zero-order chi connectivity index (χ0) is 13.9. The lowest BCUT2D eigenvalue weighted by atomic mass is 10.1. The van der Waals surface area contributed by atoms with Crippen molar-refractivity contribution in [1.29, 1.82) is 0 Å². The Morgan fingerprint density at radius 2 is 1.90 bits per heavy atom. The van der Waals surface area contributed by atoms with Gasteiger partial charge in [0.2, 0.25) is 6.79 Å². The van der Waals surface area contributed by atoms with Crippen LogP contribution < -0.4 is 15.2 Å². The molecule has 0 bridgehead atoms. The molecule has 2 N–H and O–H groups in total. The van der Waals surface area contributed by atoms with Gasteiger partial charge in [-0.3, -0.25) is 4.90 Å². The summed E-state index contributed by atoms with van der Waals surface area (Å²) in [5, 5.41) is 0. The van der Waals surface area contributed by atoms with Gasteiger partial charge in [-0.15, -0.1) is 0 Å². The van der Waals surface area contributed by atoms with Crippen LogP contribution in [-0.4, -0.2) is 62.4 Å². The number of ether oxygens (including phenoxy) is 2. The Balaban J connectivity index is 1.52. The zero-order valence-corrected chi connectivity index (χ0v) is 12.0. The molecule has 2 aliphatic heterocycles. The van der Waals surface area contributed by atoms with Crippen molar-refractivity contribution in [3.63, 3.8) is 0 Å². The highest BCUT2D eigenvalue weighted by Crippen LogP contribution is 2.32. The van der Waals surface area contributed by atoms with Gasteiger partial charge in [-0.2, -0.15) is 0 Å². The second-order valence-corrected chi connectivity index (χ2v) is 5.76. The monoisotopic (exact) mass is 277 g/mol. The van der Waals surface area contributed by atoms with Crippen molar-refractivity contribution in [2.45, 2.75) is 12.5 Å². The number of fused-ring (bicyclic) bond motifs is 1. The highest BCUT2D eigenvalue weighted by atomic mass is 16.7. The SMILES string of the molecule is CN1CCN(CC(N)Cc2ccc3c(c2)OCO3)CC1. The number of nitrogens with two attached hydrogens (primary N) is 1. The van der Waals surface area contributed by atoms with E-state index in [9.17, 15) is 0 Å². The van der Waals surface area contributed by atoms with Gasteiger partial charge in [0.1, 0.15) is 0 Å². The summed E-state index contributed by atoms with van der Waals surface area (Å²) in [6.07, 6.45) is 0.878. The Bertz CT molecular complexity index is 458. The quantitative estimate of drug-likeness (QED) is 0.870. The highest BCUT2D eigenvalue weighted by molar-refractivity contribution is 5.44. The Kier molecular flexibility index (Phi) is 4.10. The minimum atomic E-state index is 0.166. The molecule has 0 aliphatic carbocycles. The Morgan fingerprint density at radius 1 is 1.15 bits per heavy atom. The van der Waals surface area contributed by atoms with Crippen LogP contribution >= 0.6 is 0 Å². The average molecular weight is 277 g/mol. The summed E-state index contributed by atoms with van der Waals surface area (Å²) < 4.78 is 10.7. The van der Waals surface area contributed by atoms with Gasteiger partial charge >= 0.3 is 0 Å². The number of rotatable bonds is 4. The van der Waals surface area contributed by atoms with Crippen LogP contribution in [0.2, 0.25) is 0 Å². The van der Waals surface area contributed by atoms with Crippen molar-refractivity contribution in [1.82, 2.24) is 9.80 Å². The minimum Gasteiger partial charge on any atom is -0.454 e. The van der Waals surface area contributed by atoms with E-state index in [0.717, 1.165) is 50.6 Å². The molecule has 1 saturated heterocycles. The number of benzene rings is 1. The molecule has 1 unspecified atom stereocenters. The Morgan fingerprint density at radius 3 is 2.70 bits per heavy atom. The number of likely N-dealkylation sites (N-methyl/N-ethyl adjacent to an activating group) is 1.